The minimum absolute atomic E-state index is 0.0175. The highest BCUT2D eigenvalue weighted by atomic mass is 19.1. The number of rotatable bonds is 3. The maximum atomic E-state index is 13.9. The number of benzene rings is 1. The van der Waals surface area contributed by atoms with Gasteiger partial charge in [0.05, 0.1) is 29.1 Å². The molecular formula is C14H14FN5O. The largest absolute Gasteiger partial charge is 0.348 e. The first-order chi connectivity index (χ1) is 10.1. The van der Waals surface area contributed by atoms with Gasteiger partial charge in [0, 0.05) is 30.9 Å². The lowest BCUT2D eigenvalue weighted by atomic mass is 10.1. The fourth-order valence-corrected chi connectivity index (χ4v) is 2.12. The SMILES string of the molecule is Cc1c(CNC(=O)c2cc3nc[nH]c3cc2F)cnn1C. The number of H-pyrrole nitrogens is 1. The number of aryl methyl sites for hydroxylation is 1. The summed E-state index contributed by atoms with van der Waals surface area (Å²) >= 11 is 0. The lowest BCUT2D eigenvalue weighted by Crippen LogP contribution is -2.24. The summed E-state index contributed by atoms with van der Waals surface area (Å²) in [5.41, 5.74) is 2.95. The topological polar surface area (TPSA) is 75.6 Å². The van der Waals surface area contributed by atoms with Crippen molar-refractivity contribution in [3.8, 4) is 0 Å². The van der Waals surface area contributed by atoms with E-state index < -0.39 is 11.7 Å². The molecule has 0 fully saturated rings. The summed E-state index contributed by atoms with van der Waals surface area (Å²) in [6, 6.07) is 2.71. The van der Waals surface area contributed by atoms with Gasteiger partial charge in [-0.3, -0.25) is 9.48 Å². The zero-order valence-electron chi connectivity index (χ0n) is 11.6. The highest BCUT2D eigenvalue weighted by Crippen LogP contribution is 2.16. The zero-order valence-corrected chi connectivity index (χ0v) is 11.6. The number of aromatic amines is 1. The van der Waals surface area contributed by atoms with E-state index in [0.717, 1.165) is 11.3 Å². The van der Waals surface area contributed by atoms with Gasteiger partial charge in [-0.05, 0) is 13.0 Å². The van der Waals surface area contributed by atoms with Gasteiger partial charge in [0.25, 0.3) is 5.91 Å². The highest BCUT2D eigenvalue weighted by Gasteiger charge is 2.14. The number of aromatic nitrogens is 4. The Bertz CT molecular complexity index is 820. The smallest absolute Gasteiger partial charge is 0.254 e. The van der Waals surface area contributed by atoms with Gasteiger partial charge in [-0.2, -0.15) is 5.10 Å². The second-order valence-corrected chi connectivity index (χ2v) is 4.81. The van der Waals surface area contributed by atoms with Gasteiger partial charge in [-0.25, -0.2) is 9.37 Å². The van der Waals surface area contributed by atoms with Gasteiger partial charge in [-0.1, -0.05) is 0 Å². The van der Waals surface area contributed by atoms with Crippen LogP contribution in [0.3, 0.4) is 0 Å². The van der Waals surface area contributed by atoms with Crippen LogP contribution in [0.1, 0.15) is 21.6 Å². The van der Waals surface area contributed by atoms with Gasteiger partial charge in [0.1, 0.15) is 5.82 Å². The summed E-state index contributed by atoms with van der Waals surface area (Å²) in [7, 11) is 1.83. The molecule has 0 unspecified atom stereocenters. The molecule has 0 atom stereocenters. The number of nitrogens with one attached hydrogen (secondary N) is 2. The van der Waals surface area contributed by atoms with Crippen molar-refractivity contribution < 1.29 is 9.18 Å². The van der Waals surface area contributed by atoms with Crippen LogP contribution >= 0.6 is 0 Å². The average molecular weight is 287 g/mol. The van der Waals surface area contributed by atoms with Crippen LogP contribution in [0.2, 0.25) is 0 Å². The van der Waals surface area contributed by atoms with Crippen LogP contribution in [-0.4, -0.2) is 25.7 Å². The highest BCUT2D eigenvalue weighted by molar-refractivity contribution is 5.97. The van der Waals surface area contributed by atoms with E-state index in [0.29, 0.717) is 17.6 Å². The van der Waals surface area contributed by atoms with Crippen molar-refractivity contribution in [1.82, 2.24) is 25.1 Å². The molecule has 3 aromatic rings. The van der Waals surface area contributed by atoms with Crippen LogP contribution in [0.5, 0.6) is 0 Å². The van der Waals surface area contributed by atoms with E-state index in [1.54, 1.807) is 10.9 Å². The molecule has 7 heteroatoms. The maximum Gasteiger partial charge on any atom is 0.254 e. The van der Waals surface area contributed by atoms with Crippen LogP contribution in [0.4, 0.5) is 4.39 Å². The summed E-state index contributed by atoms with van der Waals surface area (Å²) in [6.45, 7) is 2.21. The van der Waals surface area contributed by atoms with Gasteiger partial charge in [0.15, 0.2) is 0 Å². The number of carbonyl (C=O) groups is 1. The minimum atomic E-state index is -0.577. The first-order valence-electron chi connectivity index (χ1n) is 6.44. The first kappa shape index (κ1) is 13.3. The molecule has 1 aromatic carbocycles. The average Bonchev–Trinajstić information content (AvgIpc) is 3.03. The molecule has 0 aliphatic carbocycles. The number of amides is 1. The number of carbonyl (C=O) groups excluding carboxylic acids is 1. The Morgan fingerprint density at radius 2 is 2.29 bits per heavy atom. The van der Waals surface area contributed by atoms with Crippen molar-refractivity contribution in [2.45, 2.75) is 13.5 Å². The molecule has 0 saturated heterocycles. The lowest BCUT2D eigenvalue weighted by molar-refractivity contribution is 0.0947. The second kappa shape index (κ2) is 5.01. The van der Waals surface area contributed by atoms with Crippen LogP contribution in [0.15, 0.2) is 24.7 Å². The molecule has 21 heavy (non-hydrogen) atoms. The Morgan fingerprint density at radius 1 is 1.48 bits per heavy atom. The maximum absolute atomic E-state index is 13.9. The summed E-state index contributed by atoms with van der Waals surface area (Å²) in [5, 5.41) is 6.79. The molecule has 108 valence electrons. The fraction of sp³-hybridized carbons (Fsp3) is 0.214. The van der Waals surface area contributed by atoms with Crippen LogP contribution in [0, 0.1) is 12.7 Å². The van der Waals surface area contributed by atoms with E-state index in [1.807, 2.05) is 14.0 Å². The molecule has 0 aliphatic heterocycles. The Hall–Kier alpha value is -2.70. The van der Waals surface area contributed by atoms with E-state index in [2.05, 4.69) is 20.4 Å². The molecule has 0 spiro atoms. The summed E-state index contributed by atoms with van der Waals surface area (Å²) in [5.74, 6) is -1.05. The minimum Gasteiger partial charge on any atom is -0.348 e. The standard InChI is InChI=1S/C14H14FN5O/c1-8-9(6-19-20(8)2)5-16-14(21)10-3-12-13(4-11(10)15)18-7-17-12/h3-4,6-7H,5H2,1-2H3,(H,16,21)(H,17,18). The molecule has 0 bridgehead atoms. The number of fused-ring (bicyclic) bond motifs is 1. The van der Waals surface area contributed by atoms with Crippen molar-refractivity contribution in [3.63, 3.8) is 0 Å². The first-order valence-corrected chi connectivity index (χ1v) is 6.44. The van der Waals surface area contributed by atoms with E-state index in [-0.39, 0.29) is 5.56 Å². The van der Waals surface area contributed by atoms with E-state index in [4.69, 9.17) is 0 Å². The molecule has 6 nitrogen and oxygen atoms in total. The number of hydrogen-bond acceptors (Lipinski definition) is 3. The molecule has 1 amide bonds. The molecular weight excluding hydrogens is 273 g/mol. The molecule has 2 heterocycles. The van der Waals surface area contributed by atoms with Crippen LogP contribution in [-0.2, 0) is 13.6 Å². The Balaban J connectivity index is 1.80. The normalized spacial score (nSPS) is 11.0. The summed E-state index contributed by atoms with van der Waals surface area (Å²) in [6.07, 6.45) is 3.15. The van der Waals surface area contributed by atoms with E-state index in [9.17, 15) is 9.18 Å². The quantitative estimate of drug-likeness (QED) is 0.769. The molecule has 0 saturated carbocycles. The third-order valence-electron chi connectivity index (χ3n) is 3.53. The Labute approximate surface area is 120 Å². The predicted octanol–water partition coefficient (Wildman–Crippen LogP) is 1.67. The summed E-state index contributed by atoms with van der Waals surface area (Å²) in [4.78, 5) is 18.9. The number of imidazole rings is 1. The van der Waals surface area contributed by atoms with Crippen molar-refractivity contribution >= 4 is 16.9 Å². The number of hydrogen-bond donors (Lipinski definition) is 2. The fourth-order valence-electron chi connectivity index (χ4n) is 2.12. The van der Waals surface area contributed by atoms with Gasteiger partial charge in [0.2, 0.25) is 0 Å². The third kappa shape index (κ3) is 2.37. The van der Waals surface area contributed by atoms with E-state index in [1.165, 1.54) is 18.5 Å². The summed E-state index contributed by atoms with van der Waals surface area (Å²) < 4.78 is 15.7. The molecule has 2 N–H and O–H groups in total. The Kier molecular flexibility index (Phi) is 3.17. The number of halogens is 1. The number of nitrogens with zero attached hydrogens (tertiary/aromatic N) is 3. The van der Waals surface area contributed by atoms with Crippen LogP contribution < -0.4 is 5.32 Å². The zero-order chi connectivity index (χ0) is 15.0. The van der Waals surface area contributed by atoms with E-state index >= 15 is 0 Å². The second-order valence-electron chi connectivity index (χ2n) is 4.81. The molecule has 3 rings (SSSR count). The Morgan fingerprint density at radius 3 is 3.00 bits per heavy atom. The van der Waals surface area contributed by atoms with Gasteiger partial charge >= 0.3 is 0 Å². The van der Waals surface area contributed by atoms with Gasteiger partial charge < -0.3 is 10.3 Å². The predicted molar refractivity (Wildman–Crippen MR) is 75.2 cm³/mol. The van der Waals surface area contributed by atoms with Crippen LogP contribution in [0.25, 0.3) is 11.0 Å². The third-order valence-corrected chi connectivity index (χ3v) is 3.53. The molecule has 2 aromatic heterocycles. The van der Waals surface area contributed by atoms with Crippen molar-refractivity contribution in [1.29, 1.82) is 0 Å². The molecule has 0 aliphatic rings. The van der Waals surface area contributed by atoms with Crippen molar-refractivity contribution in [3.05, 3.63) is 47.3 Å². The van der Waals surface area contributed by atoms with Crippen molar-refractivity contribution in [2.75, 3.05) is 0 Å². The molecule has 0 radical (unpaired) electrons. The monoisotopic (exact) mass is 287 g/mol. The van der Waals surface area contributed by atoms with Gasteiger partial charge in [-0.15, -0.1) is 0 Å². The van der Waals surface area contributed by atoms with Crippen molar-refractivity contribution in [2.24, 2.45) is 7.05 Å². The lowest BCUT2D eigenvalue weighted by Gasteiger charge is -2.06.